The van der Waals surface area contributed by atoms with Crippen molar-refractivity contribution in [1.29, 1.82) is 0 Å². The molecule has 0 N–H and O–H groups in total. The maximum absolute atomic E-state index is 6.52. The van der Waals surface area contributed by atoms with Gasteiger partial charge < -0.3 is 0 Å². The van der Waals surface area contributed by atoms with E-state index in [1.807, 2.05) is 0 Å². The molecule has 0 radical (unpaired) electrons. The van der Waals surface area contributed by atoms with Crippen LogP contribution in [0.3, 0.4) is 0 Å². The van der Waals surface area contributed by atoms with E-state index in [-0.39, 0.29) is 0 Å². The first-order chi connectivity index (χ1) is 6.61. The summed E-state index contributed by atoms with van der Waals surface area (Å²) < 4.78 is 20.2. The molecule has 10 saturated heterocycles. The topological polar surface area (TPSA) is 9.23 Å². The third-order valence-electron chi connectivity index (χ3n) is 14.9. The van der Waals surface area contributed by atoms with Crippen molar-refractivity contribution in [1.82, 2.24) is 0 Å². The molecule has 10 rings (SSSR count). The first-order valence-corrected chi connectivity index (χ1v) is 16.4. The van der Waals surface area contributed by atoms with Gasteiger partial charge in [0.1, 0.15) is 0 Å². The first-order valence-electron chi connectivity index (χ1n) is 6.46. The molecular formula is C12H14ORu. The van der Waals surface area contributed by atoms with Crippen LogP contribution in [0.4, 0.5) is 0 Å². The standard InChI is InChI=1S/C7H9O.C5H5.Ru/c1-2-8-7-5-3-4-6-7;1-2-4-5-3-1;/h3-6H,2H2,1H3;1-5H;. The molecule has 10 fully saturated rings. The zero-order chi connectivity index (χ0) is 8.43. The Morgan fingerprint density at radius 3 is 1.64 bits per heavy atom. The van der Waals surface area contributed by atoms with E-state index in [2.05, 4.69) is 6.92 Å². The van der Waals surface area contributed by atoms with Gasteiger partial charge in [0.15, 0.2) is 0 Å². The Hall–Kier alpha value is 0.583. The van der Waals surface area contributed by atoms with Gasteiger partial charge in [0, 0.05) is 0 Å². The van der Waals surface area contributed by atoms with Gasteiger partial charge in [-0.15, -0.1) is 0 Å². The van der Waals surface area contributed by atoms with E-state index in [4.69, 9.17) is 4.74 Å². The number of rotatable bonds is 2. The van der Waals surface area contributed by atoms with Crippen molar-refractivity contribution in [3.63, 3.8) is 0 Å². The second-order valence-electron chi connectivity index (χ2n) is 10.0. The van der Waals surface area contributed by atoms with Crippen molar-refractivity contribution in [3.8, 4) is 0 Å². The predicted molar refractivity (Wildman–Crippen MR) is 48.1 cm³/mol. The van der Waals surface area contributed by atoms with Crippen LogP contribution in [0.2, 0.25) is 40.6 Å². The first kappa shape index (κ1) is 4.84. The molecule has 4 unspecified atom stereocenters. The molecule has 0 aromatic rings. The van der Waals surface area contributed by atoms with Crippen molar-refractivity contribution in [2.45, 2.75) is 51.7 Å². The van der Waals surface area contributed by atoms with E-state index >= 15 is 0 Å². The molecule has 2 heteroatoms. The molecule has 0 aromatic carbocycles. The van der Waals surface area contributed by atoms with Crippen LogP contribution >= 0.6 is 0 Å². The summed E-state index contributed by atoms with van der Waals surface area (Å²) in [5, 5.41) is 0. The third kappa shape index (κ3) is 0.0357. The van der Waals surface area contributed by atoms with E-state index in [0.29, 0.717) is 0 Å². The Bertz CT molecular complexity index is 786. The Balaban J connectivity index is 1.85. The van der Waals surface area contributed by atoms with E-state index in [1.165, 1.54) is 40.6 Å². The monoisotopic (exact) mass is 276 g/mol. The average molecular weight is 275 g/mol. The number of hydrogen-bond donors (Lipinski definition) is 0. The summed E-state index contributed by atoms with van der Waals surface area (Å²) in [7, 11) is -3.03. The molecule has 0 aromatic heterocycles. The summed E-state index contributed by atoms with van der Waals surface area (Å²) in [6, 6.07) is 0. The van der Waals surface area contributed by atoms with Crippen molar-refractivity contribution in [2.75, 3.05) is 6.61 Å². The van der Waals surface area contributed by atoms with Gasteiger partial charge >= 0.3 is 70.8 Å². The Labute approximate surface area is 70.9 Å². The Kier molecular flexibility index (Phi) is 0.114. The van der Waals surface area contributed by atoms with Gasteiger partial charge in [-0.25, -0.2) is 0 Å². The van der Waals surface area contributed by atoms with Crippen molar-refractivity contribution in [2.24, 2.45) is 0 Å². The Morgan fingerprint density at radius 2 is 1.43 bits per heavy atom. The van der Waals surface area contributed by atoms with Crippen molar-refractivity contribution in [3.05, 3.63) is 0 Å². The van der Waals surface area contributed by atoms with Gasteiger partial charge in [-0.3, -0.25) is 0 Å². The van der Waals surface area contributed by atoms with Crippen LogP contribution in [-0.2, 0) is 12.5 Å². The van der Waals surface area contributed by atoms with Gasteiger partial charge in [-0.05, 0) is 0 Å². The second kappa shape index (κ2) is 0.331. The molecule has 1 nitrogen and oxygen atoms in total. The van der Waals surface area contributed by atoms with Crippen molar-refractivity contribution >= 4 is 0 Å². The molecule has 0 saturated carbocycles. The molecule has 0 aliphatic carbocycles. The molecule has 10 aliphatic heterocycles. The van der Waals surface area contributed by atoms with Crippen LogP contribution < -0.4 is 0 Å². The zero-order valence-electron chi connectivity index (χ0n) is 8.17. The summed E-state index contributed by atoms with van der Waals surface area (Å²) in [5.41, 5.74) is 0. The molecule has 0 amide bonds. The quantitative estimate of drug-likeness (QED) is 0.702. The van der Waals surface area contributed by atoms with Crippen LogP contribution in [0.15, 0.2) is 0 Å². The van der Waals surface area contributed by atoms with Crippen LogP contribution in [0, 0.1) is 0 Å². The molecule has 0 bridgehead atoms. The average Bonchev–Trinajstić information content (AvgIpc) is 3.14. The molecule has 10 heterocycles. The van der Waals surface area contributed by atoms with E-state index in [1.54, 1.807) is 0 Å². The summed E-state index contributed by atoms with van der Waals surface area (Å²) in [6.07, 6.45) is 0. The van der Waals surface area contributed by atoms with Gasteiger partial charge in [0.25, 0.3) is 0 Å². The fourth-order valence-corrected chi connectivity index (χ4v) is 147. The van der Waals surface area contributed by atoms with Crippen molar-refractivity contribution < 1.29 is 12.5 Å². The molecule has 4 atom stereocenters. The van der Waals surface area contributed by atoms with E-state index < -0.39 is 7.72 Å². The zero-order valence-corrected chi connectivity index (χ0v) is 9.90. The Morgan fingerprint density at radius 1 is 0.929 bits per heavy atom. The van der Waals surface area contributed by atoms with Gasteiger partial charge in [0.2, 0.25) is 0 Å². The minimum atomic E-state index is -3.03. The van der Waals surface area contributed by atoms with Gasteiger partial charge in [-0.1, -0.05) is 0 Å². The summed E-state index contributed by atoms with van der Waals surface area (Å²) in [5.74, 6) is 0. The van der Waals surface area contributed by atoms with Crippen LogP contribution in [0.25, 0.3) is 0 Å². The molecular weight excluding hydrogens is 261 g/mol. The number of fused-ring (bicyclic) bond motifs is 10. The second-order valence-corrected chi connectivity index (χ2v) is 47.0. The molecule has 10 aliphatic rings. The number of ether oxygens (including phenoxy) is 1. The van der Waals surface area contributed by atoms with Crippen LogP contribution in [0.5, 0.6) is 0 Å². The molecule has 14 heavy (non-hydrogen) atoms. The molecule has 76 valence electrons. The number of hydrogen-bond acceptors (Lipinski definition) is 1. The fraction of sp³-hybridized carbons (Fsp3) is 1.00. The normalized spacial score (nSPS) is 142. The van der Waals surface area contributed by atoms with Gasteiger partial charge in [-0.2, -0.15) is 0 Å². The predicted octanol–water partition coefficient (Wildman–Crippen LogP) is 3.32. The third-order valence-corrected chi connectivity index (χ3v) is 80.8. The SMILES string of the molecule is CCO[C]12[CH]3[CH]4[CH]5[CH]1[Ru]45321678[CH]2[CH]1[CH]6[CH]7[CH]28. The van der Waals surface area contributed by atoms with E-state index in [0.717, 1.165) is 10.8 Å². The summed E-state index contributed by atoms with van der Waals surface area (Å²) in [6.45, 7) is 3.31. The maximum atomic E-state index is 6.52. The molecule has 1 spiro atoms. The minimum absolute atomic E-state index is 0.762. The summed E-state index contributed by atoms with van der Waals surface area (Å²) in [4.78, 5) is 0. The van der Waals surface area contributed by atoms with Gasteiger partial charge in [0.05, 0.1) is 0 Å². The van der Waals surface area contributed by atoms with Crippen LogP contribution in [0.1, 0.15) is 6.92 Å². The van der Waals surface area contributed by atoms with Crippen LogP contribution in [-0.4, -0.2) is 10.8 Å². The van der Waals surface area contributed by atoms with E-state index in [9.17, 15) is 0 Å². The fourth-order valence-electron chi connectivity index (χ4n) is 16.6. The summed E-state index contributed by atoms with van der Waals surface area (Å²) >= 11 is 0.